The van der Waals surface area contributed by atoms with Crippen molar-refractivity contribution in [2.45, 2.75) is 51.6 Å². The average molecular weight is 462 g/mol. The van der Waals surface area contributed by atoms with Gasteiger partial charge >= 0.3 is 0 Å². The fourth-order valence-electron chi connectivity index (χ4n) is 4.49. The zero-order valence-corrected chi connectivity index (χ0v) is 19.7. The van der Waals surface area contributed by atoms with E-state index in [1.807, 2.05) is 23.1 Å². The van der Waals surface area contributed by atoms with E-state index in [4.69, 9.17) is 0 Å². The first-order valence-corrected chi connectivity index (χ1v) is 11.9. The lowest BCUT2D eigenvalue weighted by molar-refractivity contribution is -0.132. The van der Waals surface area contributed by atoms with Crippen LogP contribution in [0.5, 0.6) is 0 Å². The number of rotatable bonds is 7. The molecule has 178 valence electrons. The maximum atomic E-state index is 12.9. The molecule has 7 heteroatoms. The number of H-pyrrole nitrogens is 1. The summed E-state index contributed by atoms with van der Waals surface area (Å²) in [5.74, 6) is 0.671. The Morgan fingerprint density at radius 1 is 1.09 bits per heavy atom. The van der Waals surface area contributed by atoms with Crippen LogP contribution in [-0.4, -0.2) is 44.8 Å². The molecule has 0 saturated carbocycles. The molecule has 2 heterocycles. The number of carbonyl (C=O) groups excluding carboxylic acids is 2. The quantitative estimate of drug-likeness (QED) is 0.524. The number of aryl methyl sites for hydroxylation is 1. The van der Waals surface area contributed by atoms with Crippen molar-refractivity contribution in [3.63, 3.8) is 0 Å². The van der Waals surface area contributed by atoms with Gasteiger partial charge in [0.05, 0.1) is 16.5 Å². The van der Waals surface area contributed by atoms with Gasteiger partial charge in [-0.3, -0.25) is 14.4 Å². The number of likely N-dealkylation sites (tertiary alicyclic amines) is 1. The van der Waals surface area contributed by atoms with Gasteiger partial charge in [0.1, 0.15) is 5.82 Å². The number of piperidine rings is 1. The lowest BCUT2D eigenvalue weighted by atomic mass is 9.87. The molecule has 7 nitrogen and oxygen atoms in total. The molecule has 1 aliphatic heterocycles. The Labute approximate surface area is 198 Å². The molecule has 0 bridgehead atoms. The van der Waals surface area contributed by atoms with Gasteiger partial charge in [-0.15, -0.1) is 0 Å². The van der Waals surface area contributed by atoms with E-state index in [0.717, 1.165) is 5.56 Å². The number of benzene rings is 2. The predicted octanol–water partition coefficient (Wildman–Crippen LogP) is 3.59. The first-order chi connectivity index (χ1) is 16.2. The van der Waals surface area contributed by atoms with Crippen LogP contribution in [0.15, 0.2) is 53.3 Å². The van der Waals surface area contributed by atoms with Crippen LogP contribution < -0.4 is 5.56 Å². The van der Waals surface area contributed by atoms with Gasteiger partial charge in [0.2, 0.25) is 5.91 Å². The summed E-state index contributed by atoms with van der Waals surface area (Å²) in [4.78, 5) is 46.9. The van der Waals surface area contributed by atoms with Gasteiger partial charge in [-0.1, -0.05) is 36.4 Å². The molecule has 2 aromatic carbocycles. The molecule has 0 aliphatic carbocycles. The fourth-order valence-corrected chi connectivity index (χ4v) is 4.49. The van der Waals surface area contributed by atoms with E-state index >= 15 is 0 Å². The van der Waals surface area contributed by atoms with E-state index in [1.165, 1.54) is 0 Å². The second kappa shape index (κ2) is 9.89. The summed E-state index contributed by atoms with van der Waals surface area (Å²) in [5.41, 5.74) is 0.983. The van der Waals surface area contributed by atoms with Crippen LogP contribution in [0.1, 0.15) is 61.3 Å². The van der Waals surface area contributed by atoms with Crippen molar-refractivity contribution in [3.05, 3.63) is 75.8 Å². The van der Waals surface area contributed by atoms with Gasteiger partial charge in [-0.2, -0.15) is 0 Å². The molecular weight excluding hydrogens is 430 g/mol. The van der Waals surface area contributed by atoms with Crippen molar-refractivity contribution in [2.75, 3.05) is 13.1 Å². The molecule has 0 atom stereocenters. The van der Waals surface area contributed by atoms with Crippen molar-refractivity contribution in [2.24, 2.45) is 5.92 Å². The van der Waals surface area contributed by atoms with E-state index in [9.17, 15) is 19.5 Å². The molecule has 1 amide bonds. The number of para-hydroxylation sites is 1. The van der Waals surface area contributed by atoms with Crippen molar-refractivity contribution in [1.29, 1.82) is 0 Å². The molecule has 4 rings (SSSR count). The summed E-state index contributed by atoms with van der Waals surface area (Å²) >= 11 is 0. The summed E-state index contributed by atoms with van der Waals surface area (Å²) in [5, 5.41) is 10.7. The Morgan fingerprint density at radius 3 is 2.44 bits per heavy atom. The minimum Gasteiger partial charge on any atom is -0.386 e. The summed E-state index contributed by atoms with van der Waals surface area (Å²) in [6.07, 6.45) is 2.82. The van der Waals surface area contributed by atoms with E-state index in [2.05, 4.69) is 9.97 Å². The Bertz CT molecular complexity index is 1230. The molecular formula is C27H31N3O4. The highest BCUT2D eigenvalue weighted by Crippen LogP contribution is 2.25. The van der Waals surface area contributed by atoms with Crippen LogP contribution in [0, 0.1) is 5.92 Å². The molecule has 0 radical (unpaired) electrons. The number of hydrogen-bond donors (Lipinski definition) is 2. The first kappa shape index (κ1) is 23.8. The first-order valence-electron chi connectivity index (χ1n) is 11.9. The van der Waals surface area contributed by atoms with Gasteiger partial charge in [-0.25, -0.2) is 4.98 Å². The second-order valence-corrected chi connectivity index (χ2v) is 9.54. The van der Waals surface area contributed by atoms with Crippen molar-refractivity contribution < 1.29 is 14.7 Å². The zero-order valence-electron chi connectivity index (χ0n) is 19.7. The topological polar surface area (TPSA) is 103 Å². The molecule has 1 fully saturated rings. The number of Topliss-reactive ketones (excluding diaryl/α,β-unsaturated/α-hetero) is 1. The number of ketones is 1. The van der Waals surface area contributed by atoms with E-state index in [0.29, 0.717) is 67.5 Å². The lowest BCUT2D eigenvalue weighted by Crippen LogP contribution is -2.40. The normalized spacial score (nSPS) is 15.0. The van der Waals surface area contributed by atoms with Crippen molar-refractivity contribution >= 4 is 22.6 Å². The van der Waals surface area contributed by atoms with Crippen LogP contribution in [0.3, 0.4) is 0 Å². The third-order valence-corrected chi connectivity index (χ3v) is 6.56. The van der Waals surface area contributed by atoms with Crippen LogP contribution in [0.25, 0.3) is 10.9 Å². The molecule has 0 spiro atoms. The van der Waals surface area contributed by atoms with Gasteiger partial charge in [0.25, 0.3) is 5.56 Å². The highest BCUT2D eigenvalue weighted by Gasteiger charge is 2.28. The minimum absolute atomic E-state index is 0.0727. The molecule has 2 N–H and O–H groups in total. The molecule has 0 unspecified atom stereocenters. The molecule has 1 aliphatic rings. The van der Waals surface area contributed by atoms with Gasteiger partial charge in [0, 0.05) is 37.4 Å². The van der Waals surface area contributed by atoms with Crippen LogP contribution in [0.2, 0.25) is 0 Å². The van der Waals surface area contributed by atoms with Crippen molar-refractivity contribution in [3.8, 4) is 0 Å². The Balaban J connectivity index is 1.26. The lowest BCUT2D eigenvalue weighted by Gasteiger charge is -2.31. The highest BCUT2D eigenvalue weighted by atomic mass is 16.3. The zero-order chi connectivity index (χ0) is 24.3. The number of fused-ring (bicyclic) bond motifs is 1. The van der Waals surface area contributed by atoms with Gasteiger partial charge in [0.15, 0.2) is 5.78 Å². The molecule has 1 aromatic heterocycles. The summed E-state index contributed by atoms with van der Waals surface area (Å²) in [6.45, 7) is 4.58. The maximum Gasteiger partial charge on any atom is 0.258 e. The fraction of sp³-hybridized carbons (Fsp3) is 0.407. The maximum absolute atomic E-state index is 12.9. The predicted molar refractivity (Wildman–Crippen MR) is 131 cm³/mol. The molecule has 3 aromatic rings. The van der Waals surface area contributed by atoms with E-state index < -0.39 is 5.60 Å². The molecule has 1 saturated heterocycles. The van der Waals surface area contributed by atoms with Crippen LogP contribution >= 0.6 is 0 Å². The number of aromatic nitrogens is 2. The minimum atomic E-state index is -0.938. The van der Waals surface area contributed by atoms with Crippen molar-refractivity contribution in [1.82, 2.24) is 14.9 Å². The Morgan fingerprint density at radius 2 is 1.76 bits per heavy atom. The number of aromatic amines is 1. The second-order valence-electron chi connectivity index (χ2n) is 9.54. The number of nitrogens with zero attached hydrogens (tertiary/aromatic N) is 2. The van der Waals surface area contributed by atoms with Gasteiger partial charge < -0.3 is 15.0 Å². The standard InChI is InChI=1S/C27H31N3O4/c1-27(2,34)20-12-10-18(11-13-20)25(32)19-14-16-30(17-15-19)24(31)9-5-8-23-28-22-7-4-3-6-21(22)26(33)29-23/h3-4,6-7,10-13,19,34H,5,8-9,14-17H2,1-2H3,(H,28,29,33). The number of hydrogen-bond acceptors (Lipinski definition) is 5. The number of amides is 1. The Hall–Kier alpha value is -3.32. The number of aliphatic hydroxyl groups is 1. The van der Waals surface area contributed by atoms with E-state index in [1.54, 1.807) is 44.2 Å². The van der Waals surface area contributed by atoms with E-state index in [-0.39, 0.29) is 23.2 Å². The summed E-state index contributed by atoms with van der Waals surface area (Å²) in [6, 6.07) is 14.4. The summed E-state index contributed by atoms with van der Waals surface area (Å²) in [7, 11) is 0. The third-order valence-electron chi connectivity index (χ3n) is 6.56. The van der Waals surface area contributed by atoms with Gasteiger partial charge in [-0.05, 0) is 50.8 Å². The SMILES string of the molecule is CC(C)(O)c1ccc(C(=O)C2CCN(C(=O)CCCc3nc4ccccc4c(=O)[nH]3)CC2)cc1. The highest BCUT2D eigenvalue weighted by molar-refractivity contribution is 5.98. The summed E-state index contributed by atoms with van der Waals surface area (Å²) < 4.78 is 0. The third kappa shape index (κ3) is 5.42. The van der Waals surface area contributed by atoms with Crippen LogP contribution in [-0.2, 0) is 16.8 Å². The molecule has 34 heavy (non-hydrogen) atoms. The largest absolute Gasteiger partial charge is 0.386 e. The smallest absolute Gasteiger partial charge is 0.258 e. The number of carbonyl (C=O) groups is 2. The van der Waals surface area contributed by atoms with Crippen LogP contribution in [0.4, 0.5) is 0 Å². The Kier molecular flexibility index (Phi) is 6.93. The average Bonchev–Trinajstić information content (AvgIpc) is 2.83. The number of nitrogens with one attached hydrogen (secondary N) is 1. The monoisotopic (exact) mass is 461 g/mol.